The van der Waals surface area contributed by atoms with Gasteiger partial charge in [-0.1, -0.05) is 42.5 Å². The van der Waals surface area contributed by atoms with Crippen LogP contribution in [0.3, 0.4) is 0 Å². The SMILES string of the molecule is Nc1nc(NCCNc2nccc(-c3ccc(N(C=O)Cc4ccccc4)cc3)n2)ccc1[N+](=O)[O-]. The first-order chi connectivity index (χ1) is 17.5. The van der Waals surface area contributed by atoms with Crippen molar-refractivity contribution in [1.82, 2.24) is 15.0 Å². The summed E-state index contributed by atoms with van der Waals surface area (Å²) in [6.45, 7) is 1.44. The molecule has 0 fully saturated rings. The van der Waals surface area contributed by atoms with Gasteiger partial charge in [0.05, 0.1) is 17.2 Å². The van der Waals surface area contributed by atoms with Gasteiger partial charge in [0.2, 0.25) is 18.2 Å². The summed E-state index contributed by atoms with van der Waals surface area (Å²) in [5, 5.41) is 17.0. The second-order valence-electron chi connectivity index (χ2n) is 7.74. The predicted octanol–water partition coefficient (Wildman–Crippen LogP) is 3.72. The number of nitrogens with one attached hydrogen (secondary N) is 2. The van der Waals surface area contributed by atoms with E-state index in [0.29, 0.717) is 31.4 Å². The van der Waals surface area contributed by atoms with Crippen molar-refractivity contribution >= 4 is 35.4 Å². The van der Waals surface area contributed by atoms with Crippen LogP contribution in [0.5, 0.6) is 0 Å². The number of hydrogen-bond acceptors (Lipinski definition) is 9. The Morgan fingerprint density at radius 2 is 1.69 bits per heavy atom. The average molecular weight is 485 g/mol. The van der Waals surface area contributed by atoms with Crippen molar-refractivity contribution in [3.8, 4) is 11.3 Å². The van der Waals surface area contributed by atoms with E-state index in [1.165, 1.54) is 12.1 Å². The third-order valence-corrected chi connectivity index (χ3v) is 5.29. The molecule has 0 bridgehead atoms. The van der Waals surface area contributed by atoms with Crippen LogP contribution < -0.4 is 21.3 Å². The second kappa shape index (κ2) is 11.4. The Morgan fingerprint density at radius 1 is 0.944 bits per heavy atom. The van der Waals surface area contributed by atoms with Crippen LogP contribution in [0, 0.1) is 10.1 Å². The quantitative estimate of drug-likeness (QED) is 0.125. The van der Waals surface area contributed by atoms with Gasteiger partial charge in [-0.15, -0.1) is 0 Å². The molecule has 0 spiro atoms. The summed E-state index contributed by atoms with van der Waals surface area (Å²) >= 11 is 0. The molecule has 0 aliphatic carbocycles. The van der Waals surface area contributed by atoms with Gasteiger partial charge < -0.3 is 21.3 Å². The van der Waals surface area contributed by atoms with E-state index in [1.807, 2.05) is 60.7 Å². The van der Waals surface area contributed by atoms with E-state index >= 15 is 0 Å². The molecule has 182 valence electrons. The average Bonchev–Trinajstić information content (AvgIpc) is 2.90. The standard InChI is InChI=1S/C25H24N8O3/c26-24-22(33(35)36)10-11-23(31-24)27-14-15-29-25-28-13-12-21(30-25)19-6-8-20(9-7-19)32(17-34)16-18-4-2-1-3-5-18/h1-13,17H,14-16H2,(H3,26,27,31)(H,28,29,30). The number of carbonyl (C=O) groups excluding carboxylic acids is 1. The number of nitrogens with zero attached hydrogens (tertiary/aromatic N) is 5. The number of hydrogen-bond donors (Lipinski definition) is 3. The highest BCUT2D eigenvalue weighted by molar-refractivity contribution is 5.76. The Bertz CT molecular complexity index is 1330. The van der Waals surface area contributed by atoms with Gasteiger partial charge in [-0.05, 0) is 29.8 Å². The zero-order valence-corrected chi connectivity index (χ0v) is 19.2. The highest BCUT2D eigenvalue weighted by atomic mass is 16.6. The molecule has 2 aromatic carbocycles. The summed E-state index contributed by atoms with van der Waals surface area (Å²) in [6, 6.07) is 22.0. The minimum Gasteiger partial charge on any atom is -0.378 e. The van der Waals surface area contributed by atoms with Crippen LogP contribution in [0.15, 0.2) is 79.0 Å². The molecule has 4 aromatic rings. The van der Waals surface area contributed by atoms with Crippen LogP contribution in [0.2, 0.25) is 0 Å². The van der Waals surface area contributed by atoms with E-state index in [4.69, 9.17) is 5.73 Å². The molecule has 0 atom stereocenters. The van der Waals surface area contributed by atoms with Gasteiger partial charge in [-0.3, -0.25) is 14.9 Å². The highest BCUT2D eigenvalue weighted by Crippen LogP contribution is 2.23. The highest BCUT2D eigenvalue weighted by Gasteiger charge is 2.12. The zero-order chi connectivity index (χ0) is 25.3. The smallest absolute Gasteiger partial charge is 0.311 e. The molecule has 0 aliphatic heterocycles. The Morgan fingerprint density at radius 3 is 2.39 bits per heavy atom. The van der Waals surface area contributed by atoms with E-state index in [-0.39, 0.29) is 11.5 Å². The number of pyridine rings is 1. The van der Waals surface area contributed by atoms with Gasteiger partial charge in [0.1, 0.15) is 5.82 Å². The first-order valence-electron chi connectivity index (χ1n) is 11.1. The van der Waals surface area contributed by atoms with Gasteiger partial charge >= 0.3 is 5.69 Å². The van der Waals surface area contributed by atoms with Gasteiger partial charge in [0.15, 0.2) is 0 Å². The van der Waals surface area contributed by atoms with Crippen LogP contribution >= 0.6 is 0 Å². The number of nitrogen functional groups attached to an aromatic ring is 1. The van der Waals surface area contributed by atoms with Crippen molar-refractivity contribution in [3.63, 3.8) is 0 Å². The second-order valence-corrected chi connectivity index (χ2v) is 7.74. The number of nitrogens with two attached hydrogens (primary N) is 1. The molecule has 0 unspecified atom stereocenters. The fourth-order valence-corrected chi connectivity index (χ4v) is 3.48. The minimum atomic E-state index is -0.575. The zero-order valence-electron chi connectivity index (χ0n) is 19.2. The monoisotopic (exact) mass is 484 g/mol. The number of anilines is 4. The molecule has 2 aromatic heterocycles. The minimum absolute atomic E-state index is 0.142. The molecule has 4 N–H and O–H groups in total. The molecule has 4 rings (SSSR count). The Balaban J connectivity index is 1.34. The Labute approximate surface area is 207 Å². The van der Waals surface area contributed by atoms with E-state index < -0.39 is 4.92 Å². The number of benzene rings is 2. The molecule has 1 amide bonds. The van der Waals surface area contributed by atoms with Crippen LogP contribution in [0.4, 0.5) is 29.0 Å². The summed E-state index contributed by atoms with van der Waals surface area (Å²) in [4.78, 5) is 36.3. The topological polar surface area (TPSA) is 152 Å². The number of carbonyl (C=O) groups is 1. The Kier molecular flexibility index (Phi) is 7.61. The van der Waals surface area contributed by atoms with Crippen LogP contribution in [0.1, 0.15) is 5.56 Å². The molecule has 0 saturated carbocycles. The first-order valence-corrected chi connectivity index (χ1v) is 11.1. The molecule has 11 nitrogen and oxygen atoms in total. The lowest BCUT2D eigenvalue weighted by atomic mass is 10.1. The van der Waals surface area contributed by atoms with E-state index in [9.17, 15) is 14.9 Å². The number of rotatable bonds is 11. The Hall–Kier alpha value is -5.06. The van der Waals surface area contributed by atoms with Gasteiger partial charge in [-0.2, -0.15) is 0 Å². The van der Waals surface area contributed by atoms with E-state index in [0.717, 1.165) is 28.9 Å². The largest absolute Gasteiger partial charge is 0.378 e. The lowest BCUT2D eigenvalue weighted by Gasteiger charge is -2.18. The molecule has 36 heavy (non-hydrogen) atoms. The number of amides is 1. The van der Waals surface area contributed by atoms with Gasteiger partial charge in [0.25, 0.3) is 0 Å². The molecular weight excluding hydrogens is 460 g/mol. The summed E-state index contributed by atoms with van der Waals surface area (Å²) in [5.74, 6) is 0.746. The molecule has 0 radical (unpaired) electrons. The van der Waals surface area contributed by atoms with Crippen molar-refractivity contribution < 1.29 is 9.72 Å². The maximum Gasteiger partial charge on any atom is 0.311 e. The number of aromatic nitrogens is 3. The lowest BCUT2D eigenvalue weighted by molar-refractivity contribution is -0.384. The van der Waals surface area contributed by atoms with E-state index in [1.54, 1.807) is 11.1 Å². The summed E-state index contributed by atoms with van der Waals surface area (Å²) < 4.78 is 0. The molecule has 11 heteroatoms. The van der Waals surface area contributed by atoms with Gasteiger partial charge in [0, 0.05) is 36.6 Å². The van der Waals surface area contributed by atoms with Crippen molar-refractivity contribution in [2.75, 3.05) is 34.4 Å². The van der Waals surface area contributed by atoms with Crippen molar-refractivity contribution in [2.24, 2.45) is 0 Å². The third kappa shape index (κ3) is 6.08. The van der Waals surface area contributed by atoms with Crippen LogP contribution in [-0.4, -0.2) is 39.4 Å². The van der Waals surface area contributed by atoms with Gasteiger partial charge in [-0.25, -0.2) is 15.0 Å². The molecule has 2 heterocycles. The maximum atomic E-state index is 11.6. The lowest BCUT2D eigenvalue weighted by Crippen LogP contribution is -2.20. The maximum absolute atomic E-state index is 11.6. The molecule has 0 saturated heterocycles. The van der Waals surface area contributed by atoms with Crippen molar-refractivity contribution in [3.05, 3.63) is 94.7 Å². The summed E-state index contributed by atoms with van der Waals surface area (Å²) in [7, 11) is 0. The summed E-state index contributed by atoms with van der Waals surface area (Å²) in [6.07, 6.45) is 2.49. The summed E-state index contributed by atoms with van der Waals surface area (Å²) in [5.41, 5.74) is 8.83. The fraction of sp³-hybridized carbons (Fsp3) is 0.120. The predicted molar refractivity (Wildman–Crippen MR) is 138 cm³/mol. The molecule has 0 aliphatic rings. The third-order valence-electron chi connectivity index (χ3n) is 5.29. The van der Waals surface area contributed by atoms with Crippen molar-refractivity contribution in [1.29, 1.82) is 0 Å². The van der Waals surface area contributed by atoms with Crippen LogP contribution in [0.25, 0.3) is 11.3 Å². The van der Waals surface area contributed by atoms with Crippen molar-refractivity contribution in [2.45, 2.75) is 6.54 Å². The van der Waals surface area contributed by atoms with Crippen LogP contribution in [-0.2, 0) is 11.3 Å². The normalized spacial score (nSPS) is 10.4. The first kappa shape index (κ1) is 24.1. The number of nitro groups is 1. The van der Waals surface area contributed by atoms with E-state index in [2.05, 4.69) is 25.6 Å². The fourth-order valence-electron chi connectivity index (χ4n) is 3.48. The molecular formula is C25H24N8O3.